The molecular weight excluding hydrogens is 879 g/mol. The maximum atomic E-state index is 15.4. The van der Waals surface area contributed by atoms with Gasteiger partial charge in [0.25, 0.3) is 11.7 Å². The highest BCUT2D eigenvalue weighted by atomic mass is 19.4. The van der Waals surface area contributed by atoms with Crippen LogP contribution in [-0.4, -0.2) is 94.2 Å². The molecule has 67 heavy (non-hydrogen) atoms. The van der Waals surface area contributed by atoms with Gasteiger partial charge in [-0.2, -0.15) is 28.4 Å². The van der Waals surface area contributed by atoms with Crippen LogP contribution >= 0.6 is 0 Å². The van der Waals surface area contributed by atoms with E-state index in [2.05, 4.69) is 78.2 Å². The van der Waals surface area contributed by atoms with Crippen LogP contribution in [0.1, 0.15) is 79.2 Å². The Balaban J connectivity index is 0.000000807. The zero-order chi connectivity index (χ0) is 47.8. The van der Waals surface area contributed by atoms with E-state index in [0.717, 1.165) is 54.6 Å². The van der Waals surface area contributed by atoms with Crippen molar-refractivity contribution < 1.29 is 46.4 Å². The SMILES string of the molecule is Cn1nc(N2CCC(=O)NC2=O)c2ccc(C3CCN(Cc4ccc(-c5cc6nccc(-c7ccc(CNC(=O)c8noc(C(C)(C)C)n8)c(F)c7)n6n5)cc4)CC3)cc21.O=C(O)C(F)(F)F. The molecule has 348 valence electrons. The normalized spacial score (nSPS) is 15.1. The summed E-state index contributed by atoms with van der Waals surface area (Å²) >= 11 is 0. The number of carboxylic acids is 1. The third-order valence-electron chi connectivity index (χ3n) is 11.5. The number of imide groups is 1. The summed E-state index contributed by atoms with van der Waals surface area (Å²) in [6.07, 6.45) is -1.08. The van der Waals surface area contributed by atoms with Gasteiger partial charge in [-0.05, 0) is 67.2 Å². The van der Waals surface area contributed by atoms with Crippen molar-refractivity contribution in [2.75, 3.05) is 24.5 Å². The summed E-state index contributed by atoms with van der Waals surface area (Å²) < 4.78 is 55.9. The monoisotopic (exact) mass is 923 g/mol. The number of halogens is 4. The first kappa shape index (κ1) is 46.0. The summed E-state index contributed by atoms with van der Waals surface area (Å²) in [5, 5.41) is 26.3. The van der Waals surface area contributed by atoms with Crippen molar-refractivity contribution in [3.05, 3.63) is 113 Å². The molecule has 3 aromatic carbocycles. The Hall–Kier alpha value is -7.55. The molecule has 0 unspecified atom stereocenters. The van der Waals surface area contributed by atoms with Crippen LogP contribution in [0.4, 0.5) is 28.2 Å². The lowest BCUT2D eigenvalue weighted by Crippen LogP contribution is -2.49. The van der Waals surface area contributed by atoms with Crippen LogP contribution in [0, 0.1) is 5.82 Å². The number of benzene rings is 3. The third kappa shape index (κ3) is 10.2. The summed E-state index contributed by atoms with van der Waals surface area (Å²) in [6, 6.07) is 23.0. The molecule has 2 aliphatic heterocycles. The van der Waals surface area contributed by atoms with Crippen molar-refractivity contribution in [3.8, 4) is 22.5 Å². The average molecular weight is 924 g/mol. The first-order valence-corrected chi connectivity index (χ1v) is 21.3. The number of anilines is 1. The molecule has 17 nitrogen and oxygen atoms in total. The standard InChI is InChI=1S/C44H44FN11O4.C2HF3O2/c1-44(2,3)42-49-39(52-60-42)41(58)47-24-31-10-9-30(21-33(31)45)35-13-17-46-37-23-34(50-56(35)37)28-7-5-26(6-8-28)25-54-18-14-27(15-19-54)29-11-12-32-36(22-29)53(4)51-40(32)55-20-16-38(57)48-43(55)59;3-2(4,5)1(6)7/h5-13,17,21-23,27H,14-16,18-20,24-25H2,1-4H3,(H,47,58)(H,48,57,59);(H,6,7). The molecule has 0 saturated carbocycles. The summed E-state index contributed by atoms with van der Waals surface area (Å²) in [4.78, 5) is 58.4. The maximum absolute atomic E-state index is 15.4. The summed E-state index contributed by atoms with van der Waals surface area (Å²) in [6.45, 7) is 8.76. The molecule has 0 bridgehead atoms. The van der Waals surface area contributed by atoms with E-state index < -0.39 is 35.3 Å². The number of alkyl halides is 3. The number of urea groups is 1. The Morgan fingerprint density at radius 3 is 2.30 bits per heavy atom. The zero-order valence-corrected chi connectivity index (χ0v) is 36.8. The number of amides is 4. The van der Waals surface area contributed by atoms with Gasteiger partial charge in [-0.15, -0.1) is 0 Å². The molecule has 3 N–H and O–H groups in total. The minimum Gasteiger partial charge on any atom is -0.475 e. The van der Waals surface area contributed by atoms with E-state index in [9.17, 15) is 27.6 Å². The minimum absolute atomic E-state index is 0.0455. The number of carbonyl (C=O) groups excluding carboxylic acids is 3. The van der Waals surface area contributed by atoms with Crippen LogP contribution in [0.3, 0.4) is 0 Å². The van der Waals surface area contributed by atoms with E-state index in [1.165, 1.54) is 17.2 Å². The Morgan fingerprint density at radius 1 is 0.925 bits per heavy atom. The van der Waals surface area contributed by atoms with Crippen LogP contribution in [-0.2, 0) is 35.1 Å². The smallest absolute Gasteiger partial charge is 0.475 e. The summed E-state index contributed by atoms with van der Waals surface area (Å²) in [7, 11) is 1.89. The number of piperidine rings is 1. The predicted octanol–water partition coefficient (Wildman–Crippen LogP) is 7.16. The fourth-order valence-electron chi connectivity index (χ4n) is 7.92. The van der Waals surface area contributed by atoms with Gasteiger partial charge in [0.2, 0.25) is 11.8 Å². The fraction of sp³-hybridized carbons (Fsp3) is 0.326. The first-order valence-electron chi connectivity index (χ1n) is 21.3. The van der Waals surface area contributed by atoms with Gasteiger partial charge < -0.3 is 14.9 Å². The number of hydrogen-bond acceptors (Lipinski definition) is 11. The highest BCUT2D eigenvalue weighted by Crippen LogP contribution is 2.34. The predicted molar refractivity (Wildman–Crippen MR) is 235 cm³/mol. The van der Waals surface area contributed by atoms with E-state index >= 15 is 4.39 Å². The second-order valence-corrected chi connectivity index (χ2v) is 17.3. The lowest BCUT2D eigenvalue weighted by molar-refractivity contribution is -0.192. The number of carboxylic acid groups (broad SMARTS) is 1. The Kier molecular flexibility index (Phi) is 12.6. The van der Waals surface area contributed by atoms with Gasteiger partial charge in [0.05, 0.1) is 16.9 Å². The number of carbonyl (C=O) groups is 4. The molecule has 7 aromatic rings. The quantitative estimate of drug-likeness (QED) is 0.123. The summed E-state index contributed by atoms with van der Waals surface area (Å²) in [5.41, 5.74) is 6.99. The zero-order valence-electron chi connectivity index (χ0n) is 36.8. The highest BCUT2D eigenvalue weighted by molar-refractivity contribution is 6.08. The second-order valence-electron chi connectivity index (χ2n) is 17.3. The lowest BCUT2D eigenvalue weighted by atomic mass is 9.88. The van der Waals surface area contributed by atoms with E-state index in [4.69, 9.17) is 19.5 Å². The Morgan fingerprint density at radius 2 is 1.64 bits per heavy atom. The van der Waals surface area contributed by atoms with Gasteiger partial charge in [-0.3, -0.25) is 29.4 Å². The number of aliphatic carboxylic acids is 1. The van der Waals surface area contributed by atoms with Crippen LogP contribution in [0.2, 0.25) is 0 Å². The fourth-order valence-corrected chi connectivity index (χ4v) is 7.92. The molecule has 2 aliphatic rings. The van der Waals surface area contributed by atoms with Crippen LogP contribution < -0.4 is 15.5 Å². The lowest BCUT2D eigenvalue weighted by Gasteiger charge is -2.32. The van der Waals surface area contributed by atoms with Crippen molar-refractivity contribution in [2.24, 2.45) is 7.05 Å². The number of fused-ring (bicyclic) bond motifs is 2. The molecule has 0 atom stereocenters. The molecule has 9 rings (SSSR count). The van der Waals surface area contributed by atoms with Gasteiger partial charge >= 0.3 is 18.2 Å². The van der Waals surface area contributed by atoms with Gasteiger partial charge in [0.1, 0.15) is 5.82 Å². The van der Waals surface area contributed by atoms with Crippen molar-refractivity contribution in [3.63, 3.8) is 0 Å². The summed E-state index contributed by atoms with van der Waals surface area (Å²) in [5.74, 6) is -2.80. The van der Waals surface area contributed by atoms with Gasteiger partial charge in [-0.1, -0.05) is 68.4 Å². The van der Waals surface area contributed by atoms with E-state index in [0.29, 0.717) is 46.6 Å². The van der Waals surface area contributed by atoms with Crippen molar-refractivity contribution in [1.82, 2.24) is 50.1 Å². The second kappa shape index (κ2) is 18.4. The van der Waals surface area contributed by atoms with E-state index in [1.807, 2.05) is 38.6 Å². The molecule has 0 spiro atoms. The topological polar surface area (TPSA) is 206 Å². The van der Waals surface area contributed by atoms with Crippen LogP contribution in [0.15, 0.2) is 83.5 Å². The third-order valence-corrected chi connectivity index (χ3v) is 11.5. The molecule has 0 aliphatic carbocycles. The van der Waals surface area contributed by atoms with Crippen molar-refractivity contribution in [1.29, 1.82) is 0 Å². The molecule has 4 aromatic heterocycles. The van der Waals surface area contributed by atoms with Crippen molar-refractivity contribution in [2.45, 2.75) is 70.6 Å². The molecule has 2 saturated heterocycles. The Labute approximate surface area is 379 Å². The number of likely N-dealkylation sites (tertiary alicyclic amines) is 1. The average Bonchev–Trinajstić information content (AvgIpc) is 4.05. The highest BCUT2D eigenvalue weighted by Gasteiger charge is 2.38. The molecule has 6 heterocycles. The van der Waals surface area contributed by atoms with Crippen LogP contribution in [0.5, 0.6) is 0 Å². The van der Waals surface area contributed by atoms with Crippen molar-refractivity contribution >= 4 is 46.2 Å². The maximum Gasteiger partial charge on any atom is 0.490 e. The molecule has 0 radical (unpaired) electrons. The molecule has 21 heteroatoms. The number of aromatic nitrogens is 7. The van der Waals surface area contributed by atoms with Gasteiger partial charge in [-0.25, -0.2) is 23.5 Å². The Bertz CT molecular complexity index is 3000. The number of nitrogens with zero attached hydrogens (tertiary/aromatic N) is 9. The van der Waals surface area contributed by atoms with Gasteiger partial charge in [0.15, 0.2) is 11.5 Å². The first-order chi connectivity index (χ1) is 31.8. The van der Waals surface area contributed by atoms with Crippen LogP contribution in [0.25, 0.3) is 39.1 Å². The van der Waals surface area contributed by atoms with E-state index in [-0.39, 0.29) is 24.7 Å². The number of rotatable bonds is 9. The largest absolute Gasteiger partial charge is 0.490 e. The molecular formula is C46H45F4N11O6. The number of nitrogens with one attached hydrogen (secondary N) is 2. The molecule has 4 amide bonds. The molecule has 2 fully saturated rings. The number of hydrogen-bond donors (Lipinski definition) is 3. The van der Waals surface area contributed by atoms with Gasteiger partial charge in [0, 0.05) is 72.9 Å². The minimum atomic E-state index is -5.08. The number of aryl methyl sites for hydroxylation is 1. The van der Waals surface area contributed by atoms with E-state index in [1.54, 1.807) is 33.8 Å².